The number of ether oxygens (including phenoxy) is 1. The first-order valence-corrected chi connectivity index (χ1v) is 14.9. The van der Waals surface area contributed by atoms with Crippen molar-refractivity contribution in [3.8, 4) is 0 Å². The van der Waals surface area contributed by atoms with Crippen molar-refractivity contribution >= 4 is 29.7 Å². The van der Waals surface area contributed by atoms with Crippen LogP contribution in [0.5, 0.6) is 0 Å². The fourth-order valence-corrected chi connectivity index (χ4v) is 4.64. The number of hydrogen-bond acceptors (Lipinski definition) is 6. The number of rotatable bonds is 15. The largest absolute Gasteiger partial charge is 0.444 e. The van der Waals surface area contributed by atoms with E-state index in [0.717, 1.165) is 25.7 Å². The van der Waals surface area contributed by atoms with E-state index in [9.17, 15) is 14.4 Å². The SMILES string of the molecule is C.CC(C)=CCC/C(C)=C/CC/C(C)=C/CSC[C@H](NC(=O)C(NC(=O)OC(C)(C)C)c1ccccc1)C(=O)NN. The molecule has 1 unspecified atom stereocenters. The minimum absolute atomic E-state index is 0. The lowest BCUT2D eigenvalue weighted by Crippen LogP contribution is -2.53. The van der Waals surface area contributed by atoms with Crippen molar-refractivity contribution in [3.05, 3.63) is 70.8 Å². The maximum Gasteiger partial charge on any atom is 0.408 e. The third-order valence-corrected chi connectivity index (χ3v) is 6.76. The Morgan fingerprint density at radius 2 is 1.49 bits per heavy atom. The number of amides is 3. The molecule has 0 aliphatic heterocycles. The van der Waals surface area contributed by atoms with Gasteiger partial charge in [-0.2, -0.15) is 11.8 Å². The number of nitrogens with one attached hydrogen (secondary N) is 3. The number of allylic oxidation sites excluding steroid dienone is 5. The molecule has 0 aliphatic carbocycles. The molecule has 5 N–H and O–H groups in total. The number of carbonyl (C=O) groups excluding carboxylic acids is 3. The highest BCUT2D eigenvalue weighted by molar-refractivity contribution is 7.99. The number of carbonyl (C=O) groups is 3. The Balaban J connectivity index is 0.0000160. The van der Waals surface area contributed by atoms with Gasteiger partial charge in [-0.05, 0) is 79.7 Å². The van der Waals surface area contributed by atoms with E-state index in [1.165, 1.54) is 28.5 Å². The van der Waals surface area contributed by atoms with Gasteiger partial charge in [-0.15, -0.1) is 0 Å². The van der Waals surface area contributed by atoms with Gasteiger partial charge in [0.15, 0.2) is 0 Å². The summed E-state index contributed by atoms with van der Waals surface area (Å²) >= 11 is 1.52. The molecule has 0 radical (unpaired) electrons. The van der Waals surface area contributed by atoms with Crippen molar-refractivity contribution in [3.63, 3.8) is 0 Å². The number of hydrazine groups is 1. The van der Waals surface area contributed by atoms with Gasteiger partial charge < -0.3 is 15.4 Å². The molecule has 0 saturated heterocycles. The normalized spacial score (nSPS) is 13.3. The Bertz CT molecular complexity index is 1040. The van der Waals surface area contributed by atoms with Crippen LogP contribution < -0.4 is 21.9 Å². The molecule has 1 rings (SSSR count). The van der Waals surface area contributed by atoms with Gasteiger partial charge in [0, 0.05) is 11.5 Å². The standard InChI is InChI=1S/C31H48N4O4S.CH4/c1-22(2)13-11-14-23(3)15-12-16-24(4)19-20-40-21-26(28(36)35-32)33-29(37)27(25-17-9-8-10-18-25)34-30(38)39-31(5,6)7;/h8-10,13,15,17-19,26-27H,11-12,14,16,20-21,32H2,1-7H3,(H,33,37)(H,34,38)(H,35,36);1H4/b23-15+,24-19+;/t26-,27?;/m0./s1. The van der Waals surface area contributed by atoms with E-state index >= 15 is 0 Å². The molecule has 2 atom stereocenters. The minimum atomic E-state index is -1.05. The second-order valence-electron chi connectivity index (χ2n) is 11.1. The Hall–Kier alpha value is -3.04. The molecule has 0 bridgehead atoms. The number of hydrogen-bond donors (Lipinski definition) is 4. The van der Waals surface area contributed by atoms with E-state index < -0.39 is 35.6 Å². The Morgan fingerprint density at radius 3 is 2.05 bits per heavy atom. The Morgan fingerprint density at radius 1 is 0.902 bits per heavy atom. The summed E-state index contributed by atoms with van der Waals surface area (Å²) in [6, 6.07) is 6.87. The van der Waals surface area contributed by atoms with Gasteiger partial charge in [0.25, 0.3) is 5.91 Å². The molecule has 0 aliphatic rings. The zero-order valence-electron chi connectivity index (χ0n) is 25.1. The van der Waals surface area contributed by atoms with E-state index in [0.29, 0.717) is 17.1 Å². The van der Waals surface area contributed by atoms with Gasteiger partial charge in [0.2, 0.25) is 5.91 Å². The van der Waals surface area contributed by atoms with Crippen LogP contribution in [0.1, 0.15) is 93.2 Å². The maximum absolute atomic E-state index is 13.3. The monoisotopic (exact) mass is 588 g/mol. The third kappa shape index (κ3) is 17.4. The first-order chi connectivity index (χ1) is 18.8. The average Bonchev–Trinajstić information content (AvgIpc) is 2.87. The summed E-state index contributed by atoms with van der Waals surface area (Å²) in [6.07, 6.45) is 10.1. The summed E-state index contributed by atoms with van der Waals surface area (Å²) in [5.74, 6) is 5.35. The molecule has 0 aromatic heterocycles. The second kappa shape index (κ2) is 19.9. The van der Waals surface area contributed by atoms with E-state index in [-0.39, 0.29) is 7.43 Å². The van der Waals surface area contributed by atoms with Crippen molar-refractivity contribution < 1.29 is 19.1 Å². The smallest absolute Gasteiger partial charge is 0.408 e. The molecule has 1 aromatic rings. The van der Waals surface area contributed by atoms with Crippen molar-refractivity contribution in [2.24, 2.45) is 5.84 Å². The van der Waals surface area contributed by atoms with Gasteiger partial charge in [-0.3, -0.25) is 15.0 Å². The number of alkyl carbamates (subject to hydrolysis) is 1. The highest BCUT2D eigenvalue weighted by Crippen LogP contribution is 2.17. The van der Waals surface area contributed by atoms with Gasteiger partial charge >= 0.3 is 6.09 Å². The van der Waals surface area contributed by atoms with Crippen LogP contribution in [0.2, 0.25) is 0 Å². The van der Waals surface area contributed by atoms with Crippen molar-refractivity contribution in [2.45, 2.75) is 99.3 Å². The number of thioether (sulfide) groups is 1. The predicted octanol–water partition coefficient (Wildman–Crippen LogP) is 6.52. The van der Waals surface area contributed by atoms with E-state index in [1.807, 2.05) is 6.07 Å². The van der Waals surface area contributed by atoms with Crippen LogP contribution in [-0.2, 0) is 14.3 Å². The molecule has 9 heteroatoms. The van der Waals surface area contributed by atoms with Crippen LogP contribution in [0.15, 0.2) is 65.3 Å². The summed E-state index contributed by atoms with van der Waals surface area (Å²) in [5.41, 5.74) is 5.98. The molecule has 0 heterocycles. The zero-order valence-corrected chi connectivity index (χ0v) is 26.0. The fraction of sp³-hybridized carbons (Fsp3) is 0.531. The fourth-order valence-electron chi connectivity index (χ4n) is 3.64. The number of nitrogens with two attached hydrogens (primary N) is 1. The Labute approximate surface area is 252 Å². The first kappa shape index (κ1) is 38.0. The summed E-state index contributed by atoms with van der Waals surface area (Å²) in [5, 5.41) is 5.36. The van der Waals surface area contributed by atoms with Crippen molar-refractivity contribution in [1.29, 1.82) is 0 Å². The van der Waals surface area contributed by atoms with Crippen molar-refractivity contribution in [1.82, 2.24) is 16.1 Å². The van der Waals surface area contributed by atoms with Crippen LogP contribution in [0.3, 0.4) is 0 Å². The quantitative estimate of drug-likeness (QED) is 0.0609. The molecule has 3 amide bonds. The highest BCUT2D eigenvalue weighted by Gasteiger charge is 2.29. The maximum atomic E-state index is 13.3. The Kier molecular flexibility index (Phi) is 18.5. The molecule has 8 nitrogen and oxygen atoms in total. The van der Waals surface area contributed by atoms with Crippen LogP contribution in [0.25, 0.3) is 0 Å². The zero-order chi connectivity index (χ0) is 30.1. The third-order valence-electron chi connectivity index (χ3n) is 5.79. The van der Waals surface area contributed by atoms with E-state index in [2.05, 4.69) is 62.0 Å². The summed E-state index contributed by atoms with van der Waals surface area (Å²) < 4.78 is 5.34. The lowest BCUT2D eigenvalue weighted by molar-refractivity contribution is -0.129. The predicted molar refractivity (Wildman–Crippen MR) is 172 cm³/mol. The van der Waals surface area contributed by atoms with Gasteiger partial charge in [0.1, 0.15) is 17.7 Å². The number of benzene rings is 1. The molecule has 230 valence electrons. The van der Waals surface area contributed by atoms with Crippen LogP contribution in [-0.4, -0.2) is 41.1 Å². The van der Waals surface area contributed by atoms with Gasteiger partial charge in [-0.1, -0.05) is 72.7 Å². The molecule has 0 saturated carbocycles. The molecule has 0 spiro atoms. The summed E-state index contributed by atoms with van der Waals surface area (Å²) in [4.78, 5) is 38.2. The summed E-state index contributed by atoms with van der Waals surface area (Å²) in [6.45, 7) is 13.7. The lowest BCUT2D eigenvalue weighted by Gasteiger charge is -2.25. The van der Waals surface area contributed by atoms with Gasteiger partial charge in [-0.25, -0.2) is 10.6 Å². The second-order valence-corrected chi connectivity index (χ2v) is 12.1. The molecular formula is C32H52N4O4S. The lowest BCUT2D eigenvalue weighted by atomic mass is 10.1. The van der Waals surface area contributed by atoms with Crippen LogP contribution >= 0.6 is 11.8 Å². The first-order valence-electron chi connectivity index (χ1n) is 13.7. The molecule has 0 fully saturated rings. The highest BCUT2D eigenvalue weighted by atomic mass is 32.2. The molecule has 1 aromatic carbocycles. The van der Waals surface area contributed by atoms with Gasteiger partial charge in [0.05, 0.1) is 0 Å². The van der Waals surface area contributed by atoms with Crippen LogP contribution in [0.4, 0.5) is 4.79 Å². The molecule has 41 heavy (non-hydrogen) atoms. The van der Waals surface area contributed by atoms with E-state index in [1.54, 1.807) is 45.0 Å². The summed E-state index contributed by atoms with van der Waals surface area (Å²) in [7, 11) is 0. The van der Waals surface area contributed by atoms with Crippen molar-refractivity contribution in [2.75, 3.05) is 11.5 Å². The average molecular weight is 589 g/mol. The van der Waals surface area contributed by atoms with E-state index in [4.69, 9.17) is 10.6 Å². The topological polar surface area (TPSA) is 123 Å². The van der Waals surface area contributed by atoms with Crippen LogP contribution in [0, 0.1) is 0 Å². The minimum Gasteiger partial charge on any atom is -0.444 e. The molecular weight excluding hydrogens is 536 g/mol.